The highest BCUT2D eigenvalue weighted by Gasteiger charge is 2.53. The number of para-hydroxylation sites is 1. The van der Waals surface area contributed by atoms with Crippen molar-refractivity contribution in [3.8, 4) is 6.07 Å². The molecule has 0 fully saturated rings. The van der Waals surface area contributed by atoms with Gasteiger partial charge in [-0.2, -0.15) is 9.84 Å². The van der Waals surface area contributed by atoms with Gasteiger partial charge in [-0.05, 0) is 51.3 Å². The van der Waals surface area contributed by atoms with Crippen molar-refractivity contribution in [2.45, 2.75) is 57.8 Å². The number of nitrogens with zero attached hydrogens (tertiary/aromatic N) is 3. The van der Waals surface area contributed by atoms with Gasteiger partial charge in [0.15, 0.2) is 6.54 Å². The van der Waals surface area contributed by atoms with Gasteiger partial charge in [0.2, 0.25) is 11.4 Å². The third-order valence-electron chi connectivity index (χ3n) is 8.64. The zero-order valence-corrected chi connectivity index (χ0v) is 24.5. The molecule has 0 saturated heterocycles. The highest BCUT2D eigenvalue weighted by Crippen LogP contribution is 2.53. The summed E-state index contributed by atoms with van der Waals surface area (Å²) in [5.41, 5.74) is 6.72. The molecule has 3 aromatic carbocycles. The van der Waals surface area contributed by atoms with E-state index in [1.54, 1.807) is 0 Å². The molecular weight excluding hydrogens is 526 g/mol. The maximum atomic E-state index is 11.9. The summed E-state index contributed by atoms with van der Waals surface area (Å²) in [5, 5.41) is 30.4. The first kappa shape index (κ1) is 28.8. The maximum absolute atomic E-state index is 11.9. The number of carboxylic acids is 2. The molecule has 0 aliphatic carbocycles. The van der Waals surface area contributed by atoms with Gasteiger partial charge in [-0.3, -0.25) is 9.59 Å². The van der Waals surface area contributed by atoms with Gasteiger partial charge < -0.3 is 15.1 Å². The first-order valence-electron chi connectivity index (χ1n) is 14.2. The lowest BCUT2D eigenvalue weighted by Crippen LogP contribution is -2.39. The fraction of sp³-hybridized carbons (Fsp3) is 0.314. The van der Waals surface area contributed by atoms with Gasteiger partial charge in [-0.25, -0.2) is 0 Å². The molecule has 5 rings (SSSR count). The van der Waals surface area contributed by atoms with Crippen molar-refractivity contribution in [1.82, 2.24) is 0 Å². The lowest BCUT2D eigenvalue weighted by Gasteiger charge is -2.32. The number of fused-ring (bicyclic) bond motifs is 2. The summed E-state index contributed by atoms with van der Waals surface area (Å²) in [6.45, 7) is 8.73. The predicted octanol–water partition coefficient (Wildman–Crippen LogP) is 6.12. The van der Waals surface area contributed by atoms with Crippen molar-refractivity contribution in [3.63, 3.8) is 0 Å². The van der Waals surface area contributed by atoms with Crippen molar-refractivity contribution in [1.29, 1.82) is 5.26 Å². The van der Waals surface area contributed by atoms with Crippen LogP contribution in [0.2, 0.25) is 0 Å². The number of rotatable bonds is 9. The molecule has 1 atom stereocenters. The summed E-state index contributed by atoms with van der Waals surface area (Å²) in [7, 11) is 0. The van der Waals surface area contributed by atoms with Crippen LogP contribution < -0.4 is 4.90 Å². The average molecular weight is 563 g/mol. The number of hydrogen-bond donors (Lipinski definition) is 2. The molecule has 0 bridgehead atoms. The van der Waals surface area contributed by atoms with Crippen LogP contribution in [-0.4, -0.2) is 45.5 Å². The van der Waals surface area contributed by atoms with E-state index in [0.717, 1.165) is 45.0 Å². The zero-order valence-electron chi connectivity index (χ0n) is 24.5. The highest BCUT2D eigenvalue weighted by molar-refractivity contribution is 6.11. The Morgan fingerprint density at radius 1 is 0.905 bits per heavy atom. The van der Waals surface area contributed by atoms with Gasteiger partial charge in [0, 0.05) is 29.3 Å². The Labute approximate surface area is 246 Å². The fourth-order valence-corrected chi connectivity index (χ4v) is 6.83. The Balaban J connectivity index is 1.85. The van der Waals surface area contributed by atoms with Gasteiger partial charge in [0.05, 0.1) is 17.5 Å². The zero-order chi connectivity index (χ0) is 30.2. The molecular formula is C35H36N3O4+. The van der Waals surface area contributed by atoms with E-state index in [4.69, 9.17) is 0 Å². The number of anilines is 1. The van der Waals surface area contributed by atoms with Crippen LogP contribution in [0, 0.1) is 18.3 Å². The first-order valence-corrected chi connectivity index (χ1v) is 14.2. The number of aryl methyl sites for hydroxylation is 1. The van der Waals surface area contributed by atoms with E-state index in [9.17, 15) is 25.1 Å². The van der Waals surface area contributed by atoms with E-state index in [2.05, 4.69) is 45.0 Å². The highest BCUT2D eigenvalue weighted by atomic mass is 16.4. The molecule has 214 valence electrons. The standard InChI is InChI=1S/C35H35N3O4/c1-23-14-15-29-27(20-23)35(4,21-24-10-6-5-7-11-24)33(38(29)19-17-31(41)42)25(22-36)32-34(2,3)26-12-8-9-13-28(26)37(32)18-16-30(39)40/h5-15,20H,16-19,21H2,1-4H3,(H-,39,40,41,42)/p+1. The summed E-state index contributed by atoms with van der Waals surface area (Å²) in [5.74, 6) is -1.83. The fourth-order valence-electron chi connectivity index (χ4n) is 6.83. The molecule has 0 radical (unpaired) electrons. The molecule has 0 spiro atoms. The molecule has 3 aromatic rings. The average Bonchev–Trinajstić information content (AvgIpc) is 3.32. The number of benzene rings is 3. The van der Waals surface area contributed by atoms with E-state index in [1.165, 1.54) is 0 Å². The molecule has 2 aliphatic rings. The van der Waals surface area contributed by atoms with Crippen molar-refractivity contribution in [3.05, 3.63) is 106 Å². The third-order valence-corrected chi connectivity index (χ3v) is 8.64. The van der Waals surface area contributed by atoms with Gasteiger partial charge >= 0.3 is 11.9 Å². The minimum atomic E-state index is -0.914. The molecule has 1 unspecified atom stereocenters. The smallest absolute Gasteiger partial charge is 0.309 e. The van der Waals surface area contributed by atoms with Gasteiger partial charge in [0.25, 0.3) is 0 Å². The molecule has 7 heteroatoms. The minimum Gasteiger partial charge on any atom is -0.481 e. The predicted molar refractivity (Wildman–Crippen MR) is 162 cm³/mol. The Morgan fingerprint density at radius 3 is 2.24 bits per heavy atom. The minimum absolute atomic E-state index is 0.0919. The second-order valence-corrected chi connectivity index (χ2v) is 11.9. The summed E-state index contributed by atoms with van der Waals surface area (Å²) < 4.78 is 1.99. The van der Waals surface area contributed by atoms with Crippen molar-refractivity contribution in [2.75, 3.05) is 18.0 Å². The lowest BCUT2D eigenvalue weighted by atomic mass is 9.72. The summed E-state index contributed by atoms with van der Waals surface area (Å²) in [4.78, 5) is 25.6. The van der Waals surface area contributed by atoms with Crippen LogP contribution in [0.15, 0.2) is 84.1 Å². The molecule has 0 saturated carbocycles. The summed E-state index contributed by atoms with van der Waals surface area (Å²) >= 11 is 0. The molecule has 2 N–H and O–H groups in total. The van der Waals surface area contributed by atoms with Gasteiger partial charge in [-0.1, -0.05) is 66.2 Å². The van der Waals surface area contributed by atoms with Crippen molar-refractivity contribution in [2.24, 2.45) is 0 Å². The monoisotopic (exact) mass is 562 g/mol. The van der Waals surface area contributed by atoms with Gasteiger partial charge in [0.1, 0.15) is 18.1 Å². The molecule has 0 aromatic heterocycles. The van der Waals surface area contributed by atoms with Crippen LogP contribution in [0.5, 0.6) is 0 Å². The number of nitriles is 1. The van der Waals surface area contributed by atoms with Crippen LogP contribution in [0.3, 0.4) is 0 Å². The third kappa shape index (κ3) is 4.87. The lowest BCUT2D eigenvalue weighted by molar-refractivity contribution is -0.437. The number of aliphatic carboxylic acids is 2. The topological polar surface area (TPSA) is 105 Å². The number of allylic oxidation sites excluding steroid dienone is 2. The van der Waals surface area contributed by atoms with Crippen LogP contribution in [0.4, 0.5) is 11.4 Å². The Hall–Kier alpha value is -4.70. The normalized spacial score (nSPS) is 19.7. The van der Waals surface area contributed by atoms with Crippen LogP contribution >= 0.6 is 0 Å². The second kappa shape index (κ2) is 10.9. The van der Waals surface area contributed by atoms with E-state index >= 15 is 0 Å². The Bertz CT molecular complexity index is 1680. The SMILES string of the molecule is Cc1ccc2c(c1)C(C)(Cc1ccccc1)C(=C(C#N)C1=[N+](CCC(=O)O)c3ccccc3C1(C)C)N2CCC(=O)O. The van der Waals surface area contributed by atoms with Crippen LogP contribution in [-0.2, 0) is 26.8 Å². The molecule has 2 aliphatic heterocycles. The van der Waals surface area contributed by atoms with E-state index in [-0.39, 0.29) is 25.9 Å². The van der Waals surface area contributed by atoms with Crippen molar-refractivity contribution < 1.29 is 24.4 Å². The largest absolute Gasteiger partial charge is 0.481 e. The number of carbonyl (C=O) groups is 2. The molecule has 0 amide bonds. The quantitative estimate of drug-likeness (QED) is 0.241. The number of hydrogen-bond acceptors (Lipinski definition) is 4. The second-order valence-electron chi connectivity index (χ2n) is 11.9. The van der Waals surface area contributed by atoms with Gasteiger partial charge in [-0.15, -0.1) is 0 Å². The van der Waals surface area contributed by atoms with E-state index in [1.807, 2.05) is 71.0 Å². The first-order chi connectivity index (χ1) is 20.0. The van der Waals surface area contributed by atoms with E-state index in [0.29, 0.717) is 12.0 Å². The van der Waals surface area contributed by atoms with Crippen LogP contribution in [0.25, 0.3) is 0 Å². The number of carboxylic acid groups (broad SMARTS) is 2. The van der Waals surface area contributed by atoms with E-state index < -0.39 is 22.8 Å². The Kier molecular flexibility index (Phi) is 7.51. The molecule has 7 nitrogen and oxygen atoms in total. The maximum Gasteiger partial charge on any atom is 0.309 e. The Morgan fingerprint density at radius 2 is 1.57 bits per heavy atom. The van der Waals surface area contributed by atoms with Crippen molar-refractivity contribution >= 4 is 29.0 Å². The molecule has 42 heavy (non-hydrogen) atoms. The van der Waals surface area contributed by atoms with Crippen LogP contribution in [0.1, 0.15) is 55.9 Å². The summed E-state index contributed by atoms with van der Waals surface area (Å²) in [6.07, 6.45) is 0.411. The summed E-state index contributed by atoms with van der Waals surface area (Å²) in [6, 6.07) is 26.8. The molecule has 2 heterocycles.